The van der Waals surface area contributed by atoms with Crippen LogP contribution in [0.1, 0.15) is 0 Å². The fourth-order valence-corrected chi connectivity index (χ4v) is 0.269. The van der Waals surface area contributed by atoms with E-state index in [9.17, 15) is 13.8 Å². The van der Waals surface area contributed by atoms with Crippen molar-refractivity contribution in [3.63, 3.8) is 0 Å². The van der Waals surface area contributed by atoms with Crippen LogP contribution in [0.5, 0.6) is 0 Å². The lowest BCUT2D eigenvalue weighted by Crippen LogP contribution is -1.49. The van der Waals surface area contributed by atoms with E-state index >= 15 is 0 Å². The summed E-state index contributed by atoms with van der Waals surface area (Å²) < 4.78 is 16.6. The highest BCUT2D eigenvalue weighted by Gasteiger charge is 1.97. The molecule has 4 nitrogen and oxygen atoms in total. The molecule has 0 atom stereocenters. The molecule has 0 bridgehead atoms. The van der Waals surface area contributed by atoms with Crippen LogP contribution in [-0.4, -0.2) is 12.2 Å². The smallest absolute Gasteiger partial charge is 0.211 e. The van der Waals surface area contributed by atoms with Crippen molar-refractivity contribution in [2.75, 3.05) is 0 Å². The molecule has 42 valence electrons. The minimum absolute atomic E-state index is 0.908. The van der Waals surface area contributed by atoms with Crippen molar-refractivity contribution in [3.8, 4) is 0 Å². The highest BCUT2D eigenvalue weighted by Crippen LogP contribution is 2.38. The van der Waals surface area contributed by atoms with E-state index in [2.05, 4.69) is 9.53 Å². The zero-order chi connectivity index (χ0) is 6.41. The highest BCUT2D eigenvalue weighted by molar-refractivity contribution is 7.49. The fourth-order valence-electron chi connectivity index (χ4n) is 0.0897. The van der Waals surface area contributed by atoms with Gasteiger partial charge in [0, 0.05) is 0 Å². The Hall–Kier alpha value is -0.880. The van der Waals surface area contributed by atoms with Gasteiger partial charge in [-0.1, -0.05) is 0 Å². The topological polar surface area (TPSA) is 58.9 Å². The zero-order valence-corrected chi connectivity index (χ0v) is 4.43. The molecule has 0 aromatic rings. The summed E-state index contributed by atoms with van der Waals surface area (Å²) >= 11 is 0. The van der Waals surface area contributed by atoms with Crippen LogP contribution in [0, 0.1) is 0 Å². The summed E-state index contributed by atoms with van der Waals surface area (Å²) in [5, 5.41) is 0. The van der Waals surface area contributed by atoms with Crippen LogP contribution >= 0.6 is 8.53 Å². The molecule has 0 fully saturated rings. The van der Waals surface area contributed by atoms with Crippen molar-refractivity contribution in [2.24, 2.45) is 9.53 Å². The first-order chi connectivity index (χ1) is 3.81. The molecule has 0 amide bonds. The van der Waals surface area contributed by atoms with Gasteiger partial charge in [-0.15, -0.1) is 9.53 Å². The Labute approximate surface area is 45.1 Å². The third kappa shape index (κ3) is 3.32. The first-order valence-corrected chi connectivity index (χ1v) is 2.56. The maximum atomic E-state index is 11.6. The third-order valence-electron chi connectivity index (χ3n) is 0.247. The van der Waals surface area contributed by atoms with Crippen molar-refractivity contribution in [2.45, 2.75) is 0 Å². The van der Waals surface area contributed by atoms with E-state index in [1.54, 1.807) is 0 Å². The molecule has 0 heterocycles. The monoisotopic (exact) mass is 134 g/mol. The van der Waals surface area contributed by atoms with Gasteiger partial charge in [0.25, 0.3) is 0 Å². The Kier molecular flexibility index (Phi) is 3.81. The molecule has 0 aliphatic carbocycles. The van der Waals surface area contributed by atoms with Crippen LogP contribution in [0.3, 0.4) is 0 Å². The number of rotatable bonds is 2. The first kappa shape index (κ1) is 7.12. The highest BCUT2D eigenvalue weighted by atomic mass is 31.2. The quantitative estimate of drug-likeness (QED) is 0.319. The summed E-state index contributed by atoms with van der Waals surface area (Å²) in [6.07, 6.45) is 1.82. The maximum Gasteiger partial charge on any atom is 0.354 e. The zero-order valence-electron chi connectivity index (χ0n) is 3.54. The molecule has 0 saturated heterocycles. The summed E-state index contributed by atoms with van der Waals surface area (Å²) in [4.78, 5) is 18.4. The molecule has 0 unspecified atom stereocenters. The van der Waals surface area contributed by atoms with Gasteiger partial charge in [0.2, 0.25) is 12.2 Å². The molecule has 0 aromatic heterocycles. The van der Waals surface area contributed by atoms with Crippen LogP contribution in [0.2, 0.25) is 0 Å². The van der Waals surface area contributed by atoms with Gasteiger partial charge < -0.3 is 0 Å². The van der Waals surface area contributed by atoms with Gasteiger partial charge in [0.1, 0.15) is 0 Å². The Morgan fingerprint density at radius 2 is 1.62 bits per heavy atom. The average molecular weight is 134 g/mol. The molecular formula is C2FN2O2P. The van der Waals surface area contributed by atoms with Gasteiger partial charge >= 0.3 is 8.53 Å². The number of halogens is 1. The molecule has 8 heavy (non-hydrogen) atoms. The minimum atomic E-state index is -2.68. The van der Waals surface area contributed by atoms with E-state index in [1.165, 1.54) is 0 Å². The van der Waals surface area contributed by atoms with Gasteiger partial charge in [-0.2, -0.15) is 4.20 Å². The van der Waals surface area contributed by atoms with E-state index in [4.69, 9.17) is 0 Å². The molecule has 0 spiro atoms. The van der Waals surface area contributed by atoms with Gasteiger partial charge in [0.05, 0.1) is 0 Å². The maximum absolute atomic E-state index is 11.6. The van der Waals surface area contributed by atoms with Crippen LogP contribution in [0.15, 0.2) is 9.53 Å². The van der Waals surface area contributed by atoms with Crippen molar-refractivity contribution in [1.82, 2.24) is 0 Å². The SMILES string of the molecule is O=C=NP(F)N=C=O. The second-order valence-electron chi connectivity index (χ2n) is 0.623. The van der Waals surface area contributed by atoms with Crippen molar-refractivity contribution in [3.05, 3.63) is 0 Å². The molecule has 0 aliphatic heterocycles. The van der Waals surface area contributed by atoms with Crippen LogP contribution in [0.25, 0.3) is 0 Å². The molecule has 0 aliphatic rings. The largest absolute Gasteiger partial charge is 0.354 e. The van der Waals surface area contributed by atoms with Crippen molar-refractivity contribution >= 4 is 20.7 Å². The molecular weight excluding hydrogens is 134 g/mol. The Balaban J connectivity index is 3.82. The van der Waals surface area contributed by atoms with Crippen molar-refractivity contribution < 1.29 is 13.8 Å². The Bertz CT molecular complexity index is 141. The Morgan fingerprint density at radius 3 is 1.88 bits per heavy atom. The predicted molar refractivity (Wildman–Crippen MR) is 24.3 cm³/mol. The van der Waals surface area contributed by atoms with Crippen molar-refractivity contribution in [1.29, 1.82) is 0 Å². The number of carbonyl (C=O) groups excluding carboxylic acids is 2. The summed E-state index contributed by atoms with van der Waals surface area (Å²) in [7, 11) is -2.68. The summed E-state index contributed by atoms with van der Waals surface area (Å²) in [5.74, 6) is 0. The van der Waals surface area contributed by atoms with Crippen LogP contribution < -0.4 is 0 Å². The molecule has 0 saturated carbocycles. The lowest BCUT2D eigenvalue weighted by molar-refractivity contribution is 0.565. The van der Waals surface area contributed by atoms with Crippen LogP contribution in [-0.2, 0) is 9.59 Å². The molecule has 0 aromatic carbocycles. The molecule has 6 heteroatoms. The summed E-state index contributed by atoms with van der Waals surface area (Å²) in [6.45, 7) is 0. The lowest BCUT2D eigenvalue weighted by Gasteiger charge is -1.76. The van der Waals surface area contributed by atoms with E-state index in [1.807, 2.05) is 0 Å². The number of hydrogen-bond acceptors (Lipinski definition) is 4. The van der Waals surface area contributed by atoms with Gasteiger partial charge in [-0.05, 0) is 0 Å². The average Bonchev–Trinajstić information content (AvgIpc) is 1.68. The van der Waals surface area contributed by atoms with E-state index in [-0.39, 0.29) is 0 Å². The second kappa shape index (κ2) is 4.28. The fraction of sp³-hybridized carbons (Fsp3) is 0. The van der Waals surface area contributed by atoms with E-state index in [0.717, 1.165) is 12.2 Å². The Morgan fingerprint density at radius 1 is 1.25 bits per heavy atom. The van der Waals surface area contributed by atoms with Crippen LogP contribution in [0.4, 0.5) is 4.20 Å². The third-order valence-corrected chi connectivity index (χ3v) is 0.740. The predicted octanol–water partition coefficient (Wildman–Crippen LogP) is 0.854. The number of nitrogens with zero attached hydrogens (tertiary/aromatic N) is 2. The minimum Gasteiger partial charge on any atom is -0.211 e. The number of hydrogen-bond donors (Lipinski definition) is 0. The lowest BCUT2D eigenvalue weighted by atomic mass is 11.7. The van der Waals surface area contributed by atoms with E-state index < -0.39 is 8.53 Å². The molecule has 0 rings (SSSR count). The molecule has 0 N–H and O–H groups in total. The van der Waals surface area contributed by atoms with E-state index in [0.29, 0.717) is 0 Å². The standard InChI is InChI=1S/C2FN2O2P/c3-8(4-1-6)5-2-7. The molecule has 0 radical (unpaired) electrons. The summed E-state index contributed by atoms with van der Waals surface area (Å²) in [6, 6.07) is 0. The second-order valence-corrected chi connectivity index (χ2v) is 1.50. The van der Waals surface area contributed by atoms with Gasteiger partial charge in [-0.25, -0.2) is 9.59 Å². The normalized spacial score (nSPS) is 10.6. The van der Waals surface area contributed by atoms with Gasteiger partial charge in [-0.3, -0.25) is 0 Å². The van der Waals surface area contributed by atoms with Gasteiger partial charge in [0.15, 0.2) is 0 Å². The first-order valence-electron chi connectivity index (χ1n) is 1.42. The summed E-state index contributed by atoms with van der Waals surface area (Å²) in [5.41, 5.74) is 0. The number of isocyanates is 2.